The number of hydrogen-bond acceptors (Lipinski definition) is 2. The molecule has 0 aliphatic carbocycles. The molecule has 2 heterocycles. The lowest BCUT2D eigenvalue weighted by Gasteiger charge is -2.37. The number of hydrogen-bond donors (Lipinski definition) is 1. The molecule has 0 aromatic carbocycles. The van der Waals surface area contributed by atoms with E-state index in [-0.39, 0.29) is 6.67 Å². The number of rotatable bonds is 3. The first kappa shape index (κ1) is 9.41. The Bertz CT molecular complexity index is 160. The van der Waals surface area contributed by atoms with Gasteiger partial charge in [0, 0.05) is 24.7 Å². The standard InChI is InChI=1S/C10H19FN2/c11-4-1-5-13-9-2-3-10(13)7-8(12)6-9/h8-10H,1-7,12H2. The minimum atomic E-state index is -0.179. The molecule has 2 aliphatic heterocycles. The Kier molecular flexibility index (Phi) is 2.84. The molecule has 0 amide bonds. The van der Waals surface area contributed by atoms with Crippen LogP contribution in [0.25, 0.3) is 0 Å². The average Bonchev–Trinajstić information content (AvgIpc) is 2.33. The molecule has 0 saturated carbocycles. The Morgan fingerprint density at radius 1 is 1.23 bits per heavy atom. The van der Waals surface area contributed by atoms with E-state index in [4.69, 9.17) is 5.73 Å². The molecule has 2 atom stereocenters. The van der Waals surface area contributed by atoms with Crippen molar-refractivity contribution in [2.24, 2.45) is 5.73 Å². The summed E-state index contributed by atoms with van der Waals surface area (Å²) < 4.78 is 12.0. The van der Waals surface area contributed by atoms with Gasteiger partial charge in [0.2, 0.25) is 0 Å². The van der Waals surface area contributed by atoms with E-state index in [0.717, 1.165) is 19.4 Å². The summed E-state index contributed by atoms with van der Waals surface area (Å²) in [7, 11) is 0. The van der Waals surface area contributed by atoms with E-state index in [1.165, 1.54) is 12.8 Å². The molecule has 2 fully saturated rings. The summed E-state index contributed by atoms with van der Waals surface area (Å²) in [4.78, 5) is 2.49. The van der Waals surface area contributed by atoms with E-state index in [2.05, 4.69) is 4.90 Å². The summed E-state index contributed by atoms with van der Waals surface area (Å²) in [5, 5.41) is 0. The third-order valence-corrected chi connectivity index (χ3v) is 3.47. The van der Waals surface area contributed by atoms with Gasteiger partial charge in [-0.2, -0.15) is 0 Å². The van der Waals surface area contributed by atoms with Gasteiger partial charge in [-0.15, -0.1) is 0 Å². The normalized spacial score (nSPS) is 39.7. The number of halogens is 1. The molecule has 2 unspecified atom stereocenters. The minimum absolute atomic E-state index is 0.179. The smallest absolute Gasteiger partial charge is 0.0906 e. The van der Waals surface area contributed by atoms with E-state index < -0.39 is 0 Å². The predicted molar refractivity (Wildman–Crippen MR) is 51.3 cm³/mol. The molecule has 2 nitrogen and oxygen atoms in total. The average molecular weight is 186 g/mol. The summed E-state index contributed by atoms with van der Waals surface area (Å²) in [6, 6.07) is 1.74. The Balaban J connectivity index is 1.90. The predicted octanol–water partition coefficient (Wildman–Crippen LogP) is 1.30. The summed E-state index contributed by atoms with van der Waals surface area (Å²) in [6.07, 6.45) is 5.52. The van der Waals surface area contributed by atoms with Gasteiger partial charge in [0.1, 0.15) is 0 Å². The molecular formula is C10H19FN2. The van der Waals surface area contributed by atoms with E-state index in [9.17, 15) is 4.39 Å². The van der Waals surface area contributed by atoms with Crippen molar-refractivity contribution >= 4 is 0 Å². The molecule has 13 heavy (non-hydrogen) atoms. The summed E-state index contributed by atoms with van der Waals surface area (Å²) in [5.41, 5.74) is 5.95. The summed E-state index contributed by atoms with van der Waals surface area (Å²) >= 11 is 0. The summed E-state index contributed by atoms with van der Waals surface area (Å²) in [6.45, 7) is 0.764. The lowest BCUT2D eigenvalue weighted by Crippen LogP contribution is -2.47. The minimum Gasteiger partial charge on any atom is -0.328 e. The largest absolute Gasteiger partial charge is 0.328 e. The molecule has 2 bridgehead atoms. The molecule has 2 saturated heterocycles. The van der Waals surface area contributed by atoms with Crippen LogP contribution in [0.4, 0.5) is 4.39 Å². The maximum atomic E-state index is 12.0. The van der Waals surface area contributed by atoms with Crippen molar-refractivity contribution in [1.82, 2.24) is 4.90 Å². The third kappa shape index (κ3) is 1.86. The fraction of sp³-hybridized carbons (Fsp3) is 1.00. The summed E-state index contributed by atoms with van der Waals surface area (Å²) in [5.74, 6) is 0. The van der Waals surface area contributed by atoms with Crippen LogP contribution < -0.4 is 5.73 Å². The molecule has 2 N–H and O–H groups in total. The fourth-order valence-electron chi connectivity index (χ4n) is 2.92. The van der Waals surface area contributed by atoms with Crippen molar-refractivity contribution in [3.8, 4) is 0 Å². The van der Waals surface area contributed by atoms with Crippen LogP contribution in [-0.2, 0) is 0 Å². The first-order chi connectivity index (χ1) is 6.31. The van der Waals surface area contributed by atoms with Gasteiger partial charge in [0.05, 0.1) is 6.67 Å². The molecule has 3 heteroatoms. The second-order valence-corrected chi connectivity index (χ2v) is 4.40. The molecule has 2 aliphatic rings. The first-order valence-electron chi connectivity index (χ1n) is 5.38. The van der Waals surface area contributed by atoms with E-state index in [0.29, 0.717) is 24.5 Å². The highest BCUT2D eigenvalue weighted by atomic mass is 19.1. The van der Waals surface area contributed by atoms with Crippen LogP contribution in [0.3, 0.4) is 0 Å². The molecule has 2 rings (SSSR count). The van der Waals surface area contributed by atoms with Gasteiger partial charge < -0.3 is 5.73 Å². The quantitative estimate of drug-likeness (QED) is 0.720. The van der Waals surface area contributed by atoms with Crippen LogP contribution in [0.15, 0.2) is 0 Å². The van der Waals surface area contributed by atoms with Gasteiger partial charge in [-0.1, -0.05) is 0 Å². The second kappa shape index (κ2) is 3.93. The zero-order chi connectivity index (χ0) is 9.26. The third-order valence-electron chi connectivity index (χ3n) is 3.47. The highest BCUT2D eigenvalue weighted by molar-refractivity contribution is 4.96. The van der Waals surface area contributed by atoms with Crippen LogP contribution >= 0.6 is 0 Å². The van der Waals surface area contributed by atoms with Crippen LogP contribution in [0.1, 0.15) is 32.1 Å². The number of nitrogens with two attached hydrogens (primary N) is 1. The molecule has 0 aromatic rings. The molecule has 0 spiro atoms. The van der Waals surface area contributed by atoms with Crippen LogP contribution in [-0.4, -0.2) is 36.2 Å². The van der Waals surface area contributed by atoms with Gasteiger partial charge in [0.15, 0.2) is 0 Å². The lowest BCUT2D eigenvalue weighted by molar-refractivity contribution is 0.123. The van der Waals surface area contributed by atoms with Crippen LogP contribution in [0, 0.1) is 0 Å². The lowest BCUT2D eigenvalue weighted by atomic mass is 9.98. The van der Waals surface area contributed by atoms with Crippen LogP contribution in [0.5, 0.6) is 0 Å². The number of nitrogens with zero attached hydrogens (tertiary/aromatic N) is 1. The van der Waals surface area contributed by atoms with Crippen LogP contribution in [0.2, 0.25) is 0 Å². The Morgan fingerprint density at radius 2 is 1.85 bits per heavy atom. The van der Waals surface area contributed by atoms with Crippen molar-refractivity contribution < 1.29 is 4.39 Å². The SMILES string of the molecule is NC1CC2CCC(C1)N2CCCF. The maximum Gasteiger partial charge on any atom is 0.0906 e. The maximum absolute atomic E-state index is 12.0. The highest BCUT2D eigenvalue weighted by Gasteiger charge is 2.38. The number of piperidine rings is 1. The number of fused-ring (bicyclic) bond motifs is 2. The Hall–Kier alpha value is -0.150. The second-order valence-electron chi connectivity index (χ2n) is 4.40. The molecular weight excluding hydrogens is 167 g/mol. The number of alkyl halides is 1. The zero-order valence-corrected chi connectivity index (χ0v) is 8.08. The van der Waals surface area contributed by atoms with E-state index >= 15 is 0 Å². The first-order valence-corrected chi connectivity index (χ1v) is 5.38. The molecule has 0 radical (unpaired) electrons. The van der Waals surface area contributed by atoms with Crippen molar-refractivity contribution in [3.05, 3.63) is 0 Å². The van der Waals surface area contributed by atoms with Crippen molar-refractivity contribution in [2.45, 2.75) is 50.2 Å². The van der Waals surface area contributed by atoms with Crippen molar-refractivity contribution in [2.75, 3.05) is 13.2 Å². The van der Waals surface area contributed by atoms with Crippen molar-refractivity contribution in [3.63, 3.8) is 0 Å². The Labute approximate surface area is 79.3 Å². The van der Waals surface area contributed by atoms with E-state index in [1.54, 1.807) is 0 Å². The monoisotopic (exact) mass is 186 g/mol. The topological polar surface area (TPSA) is 29.3 Å². The fourth-order valence-corrected chi connectivity index (χ4v) is 2.92. The van der Waals surface area contributed by atoms with Gasteiger partial charge in [0.25, 0.3) is 0 Å². The highest BCUT2D eigenvalue weighted by Crippen LogP contribution is 2.34. The Morgan fingerprint density at radius 3 is 2.38 bits per heavy atom. The van der Waals surface area contributed by atoms with Gasteiger partial charge in [-0.3, -0.25) is 9.29 Å². The zero-order valence-electron chi connectivity index (χ0n) is 8.08. The molecule has 0 aromatic heterocycles. The van der Waals surface area contributed by atoms with Gasteiger partial charge in [-0.25, -0.2) is 0 Å². The van der Waals surface area contributed by atoms with Gasteiger partial charge in [-0.05, 0) is 32.1 Å². The molecule has 76 valence electrons. The van der Waals surface area contributed by atoms with Crippen molar-refractivity contribution in [1.29, 1.82) is 0 Å². The van der Waals surface area contributed by atoms with Gasteiger partial charge >= 0.3 is 0 Å². The van der Waals surface area contributed by atoms with E-state index in [1.807, 2.05) is 0 Å².